The molecule has 0 bridgehead atoms. The Hall–Kier alpha value is -3.05. The molecule has 11 heteroatoms. The van der Waals surface area contributed by atoms with E-state index in [2.05, 4.69) is 34.1 Å². The van der Waals surface area contributed by atoms with E-state index in [1.165, 1.54) is 0 Å². The summed E-state index contributed by atoms with van der Waals surface area (Å²) in [4.78, 5) is 25.2. The van der Waals surface area contributed by atoms with Gasteiger partial charge in [-0.05, 0) is 30.5 Å². The fourth-order valence-corrected chi connectivity index (χ4v) is 4.34. The van der Waals surface area contributed by atoms with Gasteiger partial charge in [0.25, 0.3) is 5.91 Å². The Morgan fingerprint density at radius 3 is 2.60 bits per heavy atom. The van der Waals surface area contributed by atoms with Crippen molar-refractivity contribution in [2.45, 2.75) is 38.9 Å². The van der Waals surface area contributed by atoms with Gasteiger partial charge in [0.05, 0.1) is 13.2 Å². The molecule has 186 valence electrons. The Kier molecular flexibility index (Phi) is 7.66. The van der Waals surface area contributed by atoms with E-state index in [4.69, 9.17) is 9.47 Å². The molecule has 1 aliphatic heterocycles. The summed E-state index contributed by atoms with van der Waals surface area (Å²) in [6.45, 7) is 5.99. The fraction of sp³-hybridized carbons (Fsp3) is 0.417. The van der Waals surface area contributed by atoms with Gasteiger partial charge in [0, 0.05) is 59.2 Å². The van der Waals surface area contributed by atoms with Crippen LogP contribution in [0, 0.1) is 5.92 Å². The van der Waals surface area contributed by atoms with Crippen LogP contribution in [0.15, 0.2) is 36.8 Å². The summed E-state index contributed by atoms with van der Waals surface area (Å²) < 4.78 is 49.4. The topological polar surface area (TPSA) is 86.2 Å². The molecule has 4 rings (SSSR count). The lowest BCUT2D eigenvalue weighted by Gasteiger charge is -2.13. The molecule has 1 saturated heterocycles. The number of ether oxygens (including phenoxy) is 2. The molecule has 0 unspecified atom stereocenters. The summed E-state index contributed by atoms with van der Waals surface area (Å²) in [6.07, 6.45) is 0.237. The molecular formula is C24H25F3N4O3S. The number of carbonyl (C=O) groups is 1. The predicted molar refractivity (Wildman–Crippen MR) is 124 cm³/mol. The molecular weight excluding hydrogens is 481 g/mol. The number of hydrogen-bond donors (Lipinski definition) is 1. The van der Waals surface area contributed by atoms with Crippen molar-refractivity contribution in [3.8, 4) is 16.3 Å². The maximum Gasteiger partial charge on any atom is 0.451 e. The number of nitrogens with zero attached hydrogens (tertiary/aromatic N) is 3. The van der Waals surface area contributed by atoms with Crippen molar-refractivity contribution in [1.29, 1.82) is 0 Å². The zero-order chi connectivity index (χ0) is 25.0. The molecule has 3 aromatic rings. The first-order valence-electron chi connectivity index (χ1n) is 11.2. The number of amides is 1. The minimum Gasteiger partial charge on any atom is -0.493 e. The van der Waals surface area contributed by atoms with Crippen LogP contribution in [-0.4, -0.2) is 40.7 Å². The first-order chi connectivity index (χ1) is 16.7. The summed E-state index contributed by atoms with van der Waals surface area (Å²) >= 11 is 1.55. The van der Waals surface area contributed by atoms with E-state index >= 15 is 0 Å². The average molecular weight is 507 g/mol. The number of alkyl halides is 3. The molecule has 35 heavy (non-hydrogen) atoms. The van der Waals surface area contributed by atoms with Crippen LogP contribution in [0.25, 0.3) is 10.6 Å². The number of halogens is 3. The van der Waals surface area contributed by atoms with Gasteiger partial charge in [0.15, 0.2) is 0 Å². The van der Waals surface area contributed by atoms with Gasteiger partial charge in [-0.2, -0.15) is 13.2 Å². The van der Waals surface area contributed by atoms with Gasteiger partial charge in [0.1, 0.15) is 10.8 Å². The van der Waals surface area contributed by atoms with Crippen LogP contribution in [0.1, 0.15) is 52.8 Å². The Balaban J connectivity index is 1.52. The molecule has 1 fully saturated rings. The Morgan fingerprint density at radius 1 is 1.20 bits per heavy atom. The van der Waals surface area contributed by atoms with E-state index in [9.17, 15) is 18.0 Å². The van der Waals surface area contributed by atoms with Crippen molar-refractivity contribution in [2.24, 2.45) is 5.92 Å². The van der Waals surface area contributed by atoms with Crippen molar-refractivity contribution in [1.82, 2.24) is 20.3 Å². The third kappa shape index (κ3) is 6.55. The zero-order valence-corrected chi connectivity index (χ0v) is 20.1. The lowest BCUT2D eigenvalue weighted by Crippen LogP contribution is -2.23. The third-order valence-corrected chi connectivity index (χ3v) is 6.78. The van der Waals surface area contributed by atoms with Crippen molar-refractivity contribution >= 4 is 17.2 Å². The Morgan fingerprint density at radius 2 is 1.97 bits per heavy atom. The monoisotopic (exact) mass is 506 g/mol. The van der Waals surface area contributed by atoms with Gasteiger partial charge in [-0.15, -0.1) is 11.3 Å². The van der Waals surface area contributed by atoms with Crippen LogP contribution in [-0.2, 0) is 17.5 Å². The van der Waals surface area contributed by atoms with Crippen LogP contribution in [0.2, 0.25) is 0 Å². The van der Waals surface area contributed by atoms with Crippen LogP contribution < -0.4 is 10.1 Å². The SMILES string of the molecule is CC(C)c1cnc(-c2cc(OC[C@@H]3CCOC3)cc(C(=O)NCc3cnc(C(F)(F)F)nc3)c2)s1. The van der Waals surface area contributed by atoms with Crippen molar-refractivity contribution in [3.05, 3.63) is 58.6 Å². The van der Waals surface area contributed by atoms with Crippen LogP contribution in [0.4, 0.5) is 13.2 Å². The maximum atomic E-state index is 12.9. The molecule has 7 nitrogen and oxygen atoms in total. The average Bonchev–Trinajstić information content (AvgIpc) is 3.53. The van der Waals surface area contributed by atoms with E-state index in [-0.39, 0.29) is 6.54 Å². The summed E-state index contributed by atoms with van der Waals surface area (Å²) in [6, 6.07) is 5.24. The molecule has 1 aromatic carbocycles. The maximum absolute atomic E-state index is 12.9. The van der Waals surface area contributed by atoms with E-state index in [1.54, 1.807) is 23.5 Å². The van der Waals surface area contributed by atoms with Gasteiger partial charge < -0.3 is 14.8 Å². The van der Waals surface area contributed by atoms with E-state index < -0.39 is 17.9 Å². The lowest BCUT2D eigenvalue weighted by atomic mass is 10.1. The lowest BCUT2D eigenvalue weighted by molar-refractivity contribution is -0.145. The molecule has 1 atom stereocenters. The quantitative estimate of drug-likeness (QED) is 0.458. The summed E-state index contributed by atoms with van der Waals surface area (Å²) in [5.74, 6) is -0.459. The van der Waals surface area contributed by atoms with Crippen LogP contribution in [0.3, 0.4) is 0 Å². The highest BCUT2D eigenvalue weighted by Crippen LogP contribution is 2.33. The minimum absolute atomic E-state index is 0.0223. The highest BCUT2D eigenvalue weighted by Gasteiger charge is 2.34. The third-order valence-electron chi connectivity index (χ3n) is 5.43. The largest absolute Gasteiger partial charge is 0.493 e. The number of nitrogens with one attached hydrogen (secondary N) is 1. The standard InChI is InChI=1S/C24H25F3N4O3S/c1-14(2)20-11-29-22(35-20)18-5-17(6-19(7-18)34-13-15-3-4-33-12-15)21(32)28-8-16-9-30-23(31-10-16)24(25,26)27/h5-7,9-11,14-15H,3-4,8,12-13H2,1-2H3,(H,28,32)/t15-/m1/s1. The predicted octanol–water partition coefficient (Wildman–Crippen LogP) is 5.09. The minimum atomic E-state index is -4.62. The molecule has 2 aromatic heterocycles. The first kappa shape index (κ1) is 25.1. The number of thiazole rings is 1. The molecule has 3 heterocycles. The summed E-state index contributed by atoms with van der Waals surface area (Å²) in [5.41, 5.74) is 1.46. The molecule has 1 amide bonds. The van der Waals surface area contributed by atoms with Gasteiger partial charge in [-0.3, -0.25) is 4.79 Å². The smallest absolute Gasteiger partial charge is 0.451 e. The molecule has 0 spiro atoms. The fourth-order valence-electron chi connectivity index (χ4n) is 3.43. The molecule has 0 radical (unpaired) electrons. The molecule has 0 saturated carbocycles. The number of benzene rings is 1. The Bertz CT molecular complexity index is 1160. The van der Waals surface area contributed by atoms with E-state index in [1.807, 2.05) is 12.3 Å². The zero-order valence-electron chi connectivity index (χ0n) is 19.3. The number of hydrogen-bond acceptors (Lipinski definition) is 7. The molecule has 1 N–H and O–H groups in total. The second kappa shape index (κ2) is 10.7. The van der Waals surface area contributed by atoms with Crippen molar-refractivity contribution in [3.63, 3.8) is 0 Å². The van der Waals surface area contributed by atoms with Gasteiger partial charge >= 0.3 is 6.18 Å². The van der Waals surface area contributed by atoms with Gasteiger partial charge in [-0.25, -0.2) is 15.0 Å². The number of rotatable bonds is 8. The van der Waals surface area contributed by atoms with Crippen molar-refractivity contribution in [2.75, 3.05) is 19.8 Å². The molecule has 1 aliphatic rings. The number of carbonyl (C=O) groups excluding carboxylic acids is 1. The highest BCUT2D eigenvalue weighted by atomic mass is 32.1. The summed E-state index contributed by atoms with van der Waals surface area (Å²) in [7, 11) is 0. The van der Waals surface area contributed by atoms with Gasteiger partial charge in [-0.1, -0.05) is 13.8 Å². The Labute approximate surface area is 204 Å². The molecule has 0 aliphatic carbocycles. The second-order valence-corrected chi connectivity index (χ2v) is 9.67. The number of aromatic nitrogens is 3. The summed E-state index contributed by atoms with van der Waals surface area (Å²) in [5, 5.41) is 3.48. The van der Waals surface area contributed by atoms with Crippen LogP contribution in [0.5, 0.6) is 5.75 Å². The normalized spacial score (nSPS) is 16.0. The van der Waals surface area contributed by atoms with Gasteiger partial charge in [0.2, 0.25) is 5.82 Å². The second-order valence-electron chi connectivity index (χ2n) is 8.60. The van der Waals surface area contributed by atoms with Crippen LogP contribution >= 0.6 is 11.3 Å². The van der Waals surface area contributed by atoms with Crippen molar-refractivity contribution < 1.29 is 27.4 Å². The highest BCUT2D eigenvalue weighted by molar-refractivity contribution is 7.15. The van der Waals surface area contributed by atoms with E-state index in [0.29, 0.717) is 48.5 Å². The first-order valence-corrected chi connectivity index (χ1v) is 12.0. The van der Waals surface area contributed by atoms with E-state index in [0.717, 1.165) is 34.3 Å².